The maximum Gasteiger partial charge on any atom is 0.487 e. The zero-order valence-electron chi connectivity index (χ0n) is 11.8. The molecule has 0 unspecified atom stereocenters. The molecule has 0 spiro atoms. The third kappa shape index (κ3) is 2.96. The van der Waals surface area contributed by atoms with Crippen LogP contribution in [0.2, 0.25) is 0 Å². The van der Waals surface area contributed by atoms with Crippen LogP contribution >= 0.6 is 0 Å². The Morgan fingerprint density at radius 1 is 0.947 bits per heavy atom. The van der Waals surface area contributed by atoms with Crippen LogP contribution in [0.1, 0.15) is 43.6 Å². The fourth-order valence-corrected chi connectivity index (χ4v) is 1.84. The van der Waals surface area contributed by atoms with Gasteiger partial charge in [0.05, 0.1) is 11.2 Å². The van der Waals surface area contributed by atoms with Crippen molar-refractivity contribution in [1.82, 2.24) is 0 Å². The predicted molar refractivity (Wildman–Crippen MR) is 76.9 cm³/mol. The lowest BCUT2D eigenvalue weighted by Crippen LogP contribution is -2.41. The van der Waals surface area contributed by atoms with E-state index in [9.17, 15) is 4.79 Å². The minimum Gasteiger partial charge on any atom is -0.400 e. The van der Waals surface area contributed by atoms with Crippen molar-refractivity contribution in [3.8, 4) is 0 Å². The number of aldehydes is 1. The molecule has 0 radical (unpaired) electrons. The van der Waals surface area contributed by atoms with Crippen molar-refractivity contribution >= 4 is 19.5 Å². The van der Waals surface area contributed by atoms with E-state index in [4.69, 9.17) is 9.31 Å². The van der Waals surface area contributed by atoms with Crippen LogP contribution in [0.5, 0.6) is 0 Å². The molecule has 0 amide bonds. The second kappa shape index (κ2) is 4.95. The molecular weight excluding hydrogens is 239 g/mol. The lowest BCUT2D eigenvalue weighted by Gasteiger charge is -2.32. The summed E-state index contributed by atoms with van der Waals surface area (Å²) in [5.74, 6) is 1.90. The molecule has 1 aliphatic rings. The monoisotopic (exact) mass is 258 g/mol. The van der Waals surface area contributed by atoms with Crippen molar-refractivity contribution < 1.29 is 14.1 Å². The zero-order valence-corrected chi connectivity index (χ0v) is 11.8. The molecular formula is C15H19BO3. The van der Waals surface area contributed by atoms with Gasteiger partial charge in [-0.05, 0) is 33.3 Å². The Hall–Kier alpha value is -1.39. The Balaban J connectivity index is 2.06. The molecule has 0 N–H and O–H groups in total. The highest BCUT2D eigenvalue weighted by Crippen LogP contribution is 2.36. The molecule has 100 valence electrons. The summed E-state index contributed by atoms with van der Waals surface area (Å²) in [6.45, 7) is 8.11. The Labute approximate surface area is 114 Å². The van der Waals surface area contributed by atoms with Gasteiger partial charge in [-0.2, -0.15) is 0 Å². The normalized spacial score (nSPS) is 20.9. The largest absolute Gasteiger partial charge is 0.487 e. The number of benzene rings is 1. The molecule has 1 heterocycles. The molecule has 3 nitrogen and oxygen atoms in total. The summed E-state index contributed by atoms with van der Waals surface area (Å²) in [4.78, 5) is 10.6. The van der Waals surface area contributed by atoms with Crippen LogP contribution in [0.3, 0.4) is 0 Å². The van der Waals surface area contributed by atoms with E-state index in [2.05, 4.69) is 0 Å². The van der Waals surface area contributed by atoms with Crippen molar-refractivity contribution in [2.24, 2.45) is 0 Å². The first kappa shape index (κ1) is 14.0. The first-order chi connectivity index (χ1) is 8.84. The first-order valence-electron chi connectivity index (χ1n) is 6.43. The van der Waals surface area contributed by atoms with Crippen LogP contribution in [0.15, 0.2) is 30.2 Å². The number of carbonyl (C=O) groups excluding carboxylic acids is 1. The van der Waals surface area contributed by atoms with Gasteiger partial charge in [-0.3, -0.25) is 4.79 Å². The number of carbonyl (C=O) groups is 1. The van der Waals surface area contributed by atoms with Crippen LogP contribution in [-0.2, 0) is 9.31 Å². The summed E-state index contributed by atoms with van der Waals surface area (Å²) in [6, 6.07) is 7.37. The maximum absolute atomic E-state index is 10.6. The average molecular weight is 258 g/mol. The van der Waals surface area contributed by atoms with E-state index < -0.39 is 0 Å². The lowest BCUT2D eigenvalue weighted by molar-refractivity contribution is 0.00578. The molecule has 0 aliphatic carbocycles. The molecule has 0 saturated carbocycles. The second-order valence-electron chi connectivity index (χ2n) is 5.77. The lowest BCUT2D eigenvalue weighted by atomic mass is 9.89. The molecule has 1 saturated heterocycles. The van der Waals surface area contributed by atoms with E-state index in [0.29, 0.717) is 5.56 Å². The summed E-state index contributed by atoms with van der Waals surface area (Å²) < 4.78 is 11.7. The summed E-state index contributed by atoms with van der Waals surface area (Å²) in [5.41, 5.74) is 1.06. The molecule has 1 aromatic rings. The van der Waals surface area contributed by atoms with Gasteiger partial charge < -0.3 is 9.31 Å². The molecule has 19 heavy (non-hydrogen) atoms. The highest BCUT2D eigenvalue weighted by Gasteiger charge is 2.49. The Bertz CT molecular complexity index is 473. The minimum absolute atomic E-state index is 0.316. The summed E-state index contributed by atoms with van der Waals surface area (Å²) >= 11 is 0. The standard InChI is InChI=1S/C15H19BO3/c1-14(2)15(3,4)19-16(18-14)10-9-12-5-7-13(11-17)8-6-12/h5-11H,1-4H3. The van der Waals surface area contributed by atoms with Crippen molar-refractivity contribution in [1.29, 1.82) is 0 Å². The summed E-state index contributed by atoms with van der Waals surface area (Å²) in [6.07, 6.45) is 2.78. The van der Waals surface area contributed by atoms with Gasteiger partial charge in [-0.25, -0.2) is 0 Å². The third-order valence-corrected chi connectivity index (χ3v) is 3.79. The van der Waals surface area contributed by atoms with Gasteiger partial charge in [-0.15, -0.1) is 0 Å². The van der Waals surface area contributed by atoms with Crippen molar-refractivity contribution in [2.45, 2.75) is 38.9 Å². The maximum atomic E-state index is 10.6. The van der Waals surface area contributed by atoms with Gasteiger partial charge in [-0.1, -0.05) is 36.3 Å². The van der Waals surface area contributed by atoms with E-state index in [1.807, 2.05) is 51.9 Å². The molecule has 0 atom stereocenters. The van der Waals surface area contributed by atoms with Gasteiger partial charge in [0.25, 0.3) is 0 Å². The minimum atomic E-state index is -0.337. The van der Waals surface area contributed by atoms with E-state index in [-0.39, 0.29) is 18.3 Å². The summed E-state index contributed by atoms with van der Waals surface area (Å²) in [7, 11) is -0.337. The third-order valence-electron chi connectivity index (χ3n) is 3.79. The molecule has 1 fully saturated rings. The van der Waals surface area contributed by atoms with Gasteiger partial charge >= 0.3 is 7.12 Å². The Morgan fingerprint density at radius 2 is 1.42 bits per heavy atom. The topological polar surface area (TPSA) is 35.5 Å². The van der Waals surface area contributed by atoms with E-state index in [0.717, 1.165) is 11.8 Å². The quantitative estimate of drug-likeness (QED) is 0.617. The van der Waals surface area contributed by atoms with Crippen LogP contribution in [-0.4, -0.2) is 24.6 Å². The Morgan fingerprint density at radius 3 is 1.89 bits per heavy atom. The predicted octanol–water partition coefficient (Wildman–Crippen LogP) is 3.14. The Kier molecular flexibility index (Phi) is 3.65. The molecule has 4 heteroatoms. The van der Waals surface area contributed by atoms with Crippen molar-refractivity contribution in [2.75, 3.05) is 0 Å². The van der Waals surface area contributed by atoms with Crippen LogP contribution < -0.4 is 0 Å². The second-order valence-corrected chi connectivity index (χ2v) is 5.77. The highest BCUT2D eigenvalue weighted by molar-refractivity contribution is 6.52. The molecule has 2 rings (SSSR count). The number of rotatable bonds is 3. The van der Waals surface area contributed by atoms with Crippen molar-refractivity contribution in [3.05, 3.63) is 41.4 Å². The van der Waals surface area contributed by atoms with Crippen LogP contribution in [0.4, 0.5) is 0 Å². The molecule has 0 bridgehead atoms. The highest BCUT2D eigenvalue weighted by atomic mass is 16.7. The van der Waals surface area contributed by atoms with Gasteiger partial charge in [0.15, 0.2) is 0 Å². The molecule has 1 aromatic carbocycles. The fraction of sp³-hybridized carbons (Fsp3) is 0.400. The summed E-state index contributed by atoms with van der Waals surface area (Å²) in [5, 5.41) is 0. The number of hydrogen-bond donors (Lipinski definition) is 0. The van der Waals surface area contributed by atoms with Gasteiger partial charge in [0.1, 0.15) is 6.29 Å². The fourth-order valence-electron chi connectivity index (χ4n) is 1.84. The molecule has 1 aliphatic heterocycles. The average Bonchev–Trinajstić information content (AvgIpc) is 2.56. The number of hydrogen-bond acceptors (Lipinski definition) is 3. The SMILES string of the molecule is CC1(C)OB(C=Cc2ccc(C=O)cc2)OC1(C)C. The van der Waals surface area contributed by atoms with Gasteiger partial charge in [0, 0.05) is 5.56 Å². The zero-order chi connectivity index (χ0) is 14.1. The first-order valence-corrected chi connectivity index (χ1v) is 6.43. The van der Waals surface area contributed by atoms with Crippen LogP contribution in [0, 0.1) is 0 Å². The molecule has 0 aromatic heterocycles. The van der Waals surface area contributed by atoms with E-state index in [1.165, 1.54) is 0 Å². The smallest absolute Gasteiger partial charge is 0.400 e. The van der Waals surface area contributed by atoms with Crippen molar-refractivity contribution in [3.63, 3.8) is 0 Å². The van der Waals surface area contributed by atoms with Crippen LogP contribution in [0.25, 0.3) is 6.08 Å². The van der Waals surface area contributed by atoms with E-state index >= 15 is 0 Å². The van der Waals surface area contributed by atoms with Gasteiger partial charge in [0.2, 0.25) is 0 Å². The van der Waals surface area contributed by atoms with E-state index in [1.54, 1.807) is 12.1 Å².